The van der Waals surface area contributed by atoms with Gasteiger partial charge in [-0.05, 0) is 47.8 Å². The number of pyridine rings is 1. The number of aromatic nitrogens is 7. The molecule has 0 aliphatic rings. The van der Waals surface area contributed by atoms with E-state index in [2.05, 4.69) is 40.0 Å². The predicted octanol–water partition coefficient (Wildman–Crippen LogP) is 9.23. The van der Waals surface area contributed by atoms with Gasteiger partial charge in [-0.3, -0.25) is 31.7 Å². The number of imidazole rings is 2. The predicted molar refractivity (Wildman–Crippen MR) is 205 cm³/mol. The Balaban J connectivity index is 0.000000149. The van der Waals surface area contributed by atoms with Crippen LogP contribution in [-0.4, -0.2) is 19.2 Å². The number of fused-ring (bicyclic) bond motifs is 2. The van der Waals surface area contributed by atoms with Gasteiger partial charge in [-0.15, -0.1) is 24.3 Å². The molecule has 10 aromatic rings. The van der Waals surface area contributed by atoms with E-state index in [0.717, 1.165) is 59.9 Å². The van der Waals surface area contributed by atoms with Crippen LogP contribution in [-0.2, 0) is 20.1 Å². The summed E-state index contributed by atoms with van der Waals surface area (Å²) in [4.78, 5) is 4.12. The fraction of sp³-hybridized carbons (Fsp3) is 0. The summed E-state index contributed by atoms with van der Waals surface area (Å²) in [5.41, 5.74) is 3.74. The maximum absolute atomic E-state index is 14.2. The van der Waals surface area contributed by atoms with E-state index in [1.54, 1.807) is 60.9 Å². The minimum atomic E-state index is -0.830. The number of halogens is 8. The quantitative estimate of drug-likeness (QED) is 0.0983. The van der Waals surface area contributed by atoms with Crippen molar-refractivity contribution in [3.8, 4) is 34.1 Å². The van der Waals surface area contributed by atoms with Crippen LogP contribution in [0.4, 0.5) is 35.1 Å². The molecule has 0 saturated carbocycles. The molecule has 4 heterocycles. The first-order chi connectivity index (χ1) is 29.5. The molecule has 0 saturated heterocycles. The summed E-state index contributed by atoms with van der Waals surface area (Å²) in [6.45, 7) is 0. The fourth-order valence-corrected chi connectivity index (χ4v) is 6.23. The standard InChI is InChI=1S/2C19H9F4N2.C8H6N3.Ir/c2*20-12-5-7-16(14(22)9-12)24-11-25(19-4-2-1-3-18(19)24)17-8-6-13(21)10-15(17)23;1-2-5-9-7(3-1)8-4-6-10-11-8;/h2*1-7,9-10H;1-6H;/q3*-1;. The molecule has 16 heteroatoms. The Bertz CT molecular complexity index is 2810. The average molecular weight is 1020 g/mol. The molecule has 6 aromatic carbocycles. The molecule has 1 radical (unpaired) electrons. The van der Waals surface area contributed by atoms with Crippen LogP contribution in [0.15, 0.2) is 146 Å². The van der Waals surface area contributed by atoms with Crippen molar-refractivity contribution in [1.29, 1.82) is 0 Å². The minimum Gasteiger partial charge on any atom is -0.574 e. The van der Waals surface area contributed by atoms with E-state index in [1.165, 1.54) is 30.4 Å². The summed E-state index contributed by atoms with van der Waals surface area (Å²) in [7, 11) is 0. The topological polar surface area (TPSA) is 57.5 Å². The van der Waals surface area contributed by atoms with Crippen molar-refractivity contribution < 1.29 is 64.4 Å². The van der Waals surface area contributed by atoms with E-state index in [0.29, 0.717) is 22.1 Å². The van der Waals surface area contributed by atoms with Gasteiger partial charge in [0, 0.05) is 73.6 Å². The van der Waals surface area contributed by atoms with Crippen molar-refractivity contribution in [2.75, 3.05) is 0 Å². The van der Waals surface area contributed by atoms with E-state index in [1.807, 2.05) is 24.3 Å². The van der Waals surface area contributed by atoms with E-state index in [4.69, 9.17) is 0 Å². The van der Waals surface area contributed by atoms with Crippen LogP contribution < -0.4 is 14.2 Å². The van der Waals surface area contributed by atoms with Gasteiger partial charge in [0.2, 0.25) is 0 Å². The van der Waals surface area contributed by atoms with E-state index in [-0.39, 0.29) is 42.9 Å². The van der Waals surface area contributed by atoms with Gasteiger partial charge < -0.3 is 19.3 Å². The monoisotopic (exact) mass is 1020 g/mol. The Kier molecular flexibility index (Phi) is 12.8. The van der Waals surface area contributed by atoms with Crippen molar-refractivity contribution >= 4 is 22.1 Å². The van der Waals surface area contributed by atoms with Crippen LogP contribution in [0.3, 0.4) is 0 Å². The number of rotatable bonds is 5. The second kappa shape index (κ2) is 18.5. The van der Waals surface area contributed by atoms with Crippen molar-refractivity contribution in [1.82, 2.24) is 24.3 Å². The molecule has 7 nitrogen and oxygen atoms in total. The molecule has 4 aromatic heterocycles. The van der Waals surface area contributed by atoms with Crippen LogP contribution in [0, 0.1) is 71.3 Å². The third-order valence-corrected chi connectivity index (χ3v) is 8.94. The van der Waals surface area contributed by atoms with Gasteiger partial charge in [-0.25, -0.2) is 17.6 Å². The molecular formula is C46H24F8IrN7-3. The normalized spacial score (nSPS) is 10.8. The number of para-hydroxylation sites is 4. The molecule has 0 N–H and O–H groups in total. The summed E-state index contributed by atoms with van der Waals surface area (Å²) >= 11 is 0. The summed E-state index contributed by atoms with van der Waals surface area (Å²) in [6, 6.07) is 36.0. The molecule has 0 bridgehead atoms. The summed E-state index contributed by atoms with van der Waals surface area (Å²) < 4.78 is 115. The molecule has 0 spiro atoms. The second-order valence-electron chi connectivity index (χ2n) is 12.9. The SMILES string of the molecule is Fc1c[c-]c(-n2[c-][n+](-c3ccc(F)cc3F)c3ccccc32)c(F)c1.Fc1c[c-]c(-n2[c-][n+](-c3ccc(F)cc3F)c3ccccc32)c(F)c1.[Ir].c1ccc(-c2ccn[n-]2)nc1. The minimum absolute atomic E-state index is 0. The average Bonchev–Trinajstić information content (AvgIpc) is 4.01. The van der Waals surface area contributed by atoms with Crippen LogP contribution >= 0.6 is 0 Å². The first-order valence-corrected chi connectivity index (χ1v) is 18.0. The van der Waals surface area contributed by atoms with Gasteiger partial charge in [0.25, 0.3) is 12.7 Å². The zero-order valence-electron chi connectivity index (χ0n) is 31.3. The zero-order chi connectivity index (χ0) is 42.6. The van der Waals surface area contributed by atoms with Crippen LogP contribution in [0.5, 0.6) is 0 Å². The van der Waals surface area contributed by atoms with Gasteiger partial charge in [-0.2, -0.15) is 12.1 Å². The molecule has 0 unspecified atom stereocenters. The summed E-state index contributed by atoms with van der Waals surface area (Å²) in [5.74, 6) is -6.15. The van der Waals surface area contributed by atoms with Crippen LogP contribution in [0.25, 0.3) is 56.2 Å². The third-order valence-electron chi connectivity index (χ3n) is 8.94. The number of benzene rings is 6. The first kappa shape index (κ1) is 42.8. The van der Waals surface area contributed by atoms with Gasteiger partial charge >= 0.3 is 0 Å². The molecule has 311 valence electrons. The summed E-state index contributed by atoms with van der Waals surface area (Å²) in [6.07, 6.45) is 9.04. The van der Waals surface area contributed by atoms with E-state index < -0.39 is 46.5 Å². The molecule has 0 aliphatic carbocycles. The second-order valence-corrected chi connectivity index (χ2v) is 12.9. The largest absolute Gasteiger partial charge is 0.574 e. The molecule has 10 rings (SSSR count). The van der Waals surface area contributed by atoms with Gasteiger partial charge in [0.05, 0.1) is 22.1 Å². The number of nitrogens with zero attached hydrogens (tertiary/aromatic N) is 7. The maximum Gasteiger partial charge on any atom is 0.268 e. The fourth-order valence-electron chi connectivity index (χ4n) is 6.23. The Morgan fingerprint density at radius 2 is 0.952 bits per heavy atom. The Hall–Kier alpha value is -7.29. The van der Waals surface area contributed by atoms with Crippen molar-refractivity contribution in [3.05, 3.63) is 217 Å². The van der Waals surface area contributed by atoms with Gasteiger partial charge in [-0.1, -0.05) is 66.4 Å². The third kappa shape index (κ3) is 8.92. The number of hydrogen-bond donors (Lipinski definition) is 0. The molecule has 62 heavy (non-hydrogen) atoms. The van der Waals surface area contributed by atoms with E-state index in [9.17, 15) is 35.1 Å². The molecule has 0 atom stereocenters. The van der Waals surface area contributed by atoms with Crippen molar-refractivity contribution in [2.45, 2.75) is 0 Å². The van der Waals surface area contributed by atoms with Crippen molar-refractivity contribution in [3.63, 3.8) is 0 Å². The molecule has 0 amide bonds. The maximum atomic E-state index is 14.2. The number of hydrogen-bond acceptors (Lipinski definition) is 2. The molecule has 0 fully saturated rings. The van der Waals surface area contributed by atoms with E-state index >= 15 is 0 Å². The summed E-state index contributed by atoms with van der Waals surface area (Å²) in [5, 5.41) is 7.58. The zero-order valence-corrected chi connectivity index (χ0v) is 33.7. The first-order valence-electron chi connectivity index (χ1n) is 18.0. The van der Waals surface area contributed by atoms with Crippen molar-refractivity contribution in [2.24, 2.45) is 0 Å². The molecular weight excluding hydrogens is 995 g/mol. The van der Waals surface area contributed by atoms with Gasteiger partial charge in [0.15, 0.2) is 0 Å². The van der Waals surface area contributed by atoms with Crippen LogP contribution in [0.1, 0.15) is 0 Å². The Morgan fingerprint density at radius 1 is 0.484 bits per heavy atom. The van der Waals surface area contributed by atoms with Gasteiger partial charge in [0.1, 0.15) is 34.6 Å². The van der Waals surface area contributed by atoms with Crippen LogP contribution in [0.2, 0.25) is 0 Å². The molecule has 0 aliphatic heterocycles. The Labute approximate surface area is 360 Å². The smallest absolute Gasteiger partial charge is 0.268 e. The Morgan fingerprint density at radius 3 is 1.37 bits per heavy atom.